The van der Waals surface area contributed by atoms with Gasteiger partial charge >= 0.3 is 0 Å². The molecule has 0 radical (unpaired) electrons. The van der Waals surface area contributed by atoms with Gasteiger partial charge in [-0.15, -0.1) is 0 Å². The van der Waals surface area contributed by atoms with Crippen LogP contribution in [-0.2, 0) is 21.2 Å². The molecule has 0 spiro atoms. The molecule has 1 fully saturated rings. The van der Waals surface area contributed by atoms with Gasteiger partial charge in [-0.05, 0) is 25.1 Å². The summed E-state index contributed by atoms with van der Waals surface area (Å²) >= 11 is 0. The minimum atomic E-state index is -3.70. The third-order valence-electron chi connectivity index (χ3n) is 5.36. The average Bonchev–Trinajstić information content (AvgIpc) is 2.78. The van der Waals surface area contributed by atoms with E-state index in [-0.39, 0.29) is 30.3 Å². The second kappa shape index (κ2) is 9.57. The molecular weight excluding hydrogens is 420 g/mol. The van der Waals surface area contributed by atoms with Crippen LogP contribution in [0.4, 0.5) is 0 Å². The summed E-state index contributed by atoms with van der Waals surface area (Å²) in [6, 6.07) is 10.2. The molecule has 0 unspecified atom stereocenters. The molecule has 1 heterocycles. The van der Waals surface area contributed by atoms with Gasteiger partial charge in [0.15, 0.2) is 11.5 Å². The van der Waals surface area contributed by atoms with Gasteiger partial charge in [0.25, 0.3) is 0 Å². The SMILES string of the molecule is COc1ccc(C)cc1CC(=O)N1CCN(S(=O)(=O)c2ccc(OC)c(OC)c2)CC1. The van der Waals surface area contributed by atoms with Crippen LogP contribution in [0.25, 0.3) is 0 Å². The van der Waals surface area contributed by atoms with Crippen LogP contribution in [0.15, 0.2) is 41.3 Å². The lowest BCUT2D eigenvalue weighted by molar-refractivity contribution is -0.131. The largest absolute Gasteiger partial charge is 0.496 e. The van der Waals surface area contributed by atoms with E-state index in [4.69, 9.17) is 14.2 Å². The third kappa shape index (κ3) is 4.94. The number of aryl methyl sites for hydroxylation is 1. The van der Waals surface area contributed by atoms with Crippen LogP contribution in [0.1, 0.15) is 11.1 Å². The van der Waals surface area contributed by atoms with Crippen molar-refractivity contribution < 1.29 is 27.4 Å². The maximum atomic E-state index is 13.1. The molecule has 0 aliphatic carbocycles. The fourth-order valence-corrected chi connectivity index (χ4v) is 5.06. The quantitative estimate of drug-likeness (QED) is 0.645. The van der Waals surface area contributed by atoms with Crippen molar-refractivity contribution in [1.29, 1.82) is 0 Å². The fourth-order valence-electron chi connectivity index (χ4n) is 3.62. The summed E-state index contributed by atoms with van der Waals surface area (Å²) in [7, 11) is 0.831. The molecule has 3 rings (SSSR count). The summed E-state index contributed by atoms with van der Waals surface area (Å²) in [6.07, 6.45) is 0.216. The standard InChI is InChI=1S/C22H28N2O6S/c1-16-5-7-19(28-2)17(13-16)14-22(25)23-9-11-24(12-10-23)31(26,27)18-6-8-20(29-3)21(15-18)30-4/h5-8,13,15H,9-12,14H2,1-4H3. The topological polar surface area (TPSA) is 85.4 Å². The highest BCUT2D eigenvalue weighted by Crippen LogP contribution is 2.31. The lowest BCUT2D eigenvalue weighted by Gasteiger charge is -2.34. The molecule has 9 heteroatoms. The summed E-state index contributed by atoms with van der Waals surface area (Å²) in [5.74, 6) is 1.44. The minimum absolute atomic E-state index is 0.0490. The number of benzene rings is 2. The summed E-state index contributed by atoms with van der Waals surface area (Å²) in [6.45, 7) is 3.09. The first-order valence-electron chi connectivity index (χ1n) is 9.93. The van der Waals surface area contributed by atoms with Crippen LogP contribution in [0, 0.1) is 6.92 Å². The predicted octanol–water partition coefficient (Wildman–Crippen LogP) is 2.10. The number of hydrogen-bond acceptors (Lipinski definition) is 6. The molecular formula is C22H28N2O6S. The molecule has 0 atom stereocenters. The van der Waals surface area contributed by atoms with Crippen LogP contribution in [0.2, 0.25) is 0 Å². The Morgan fingerprint density at radius 2 is 1.48 bits per heavy atom. The van der Waals surface area contributed by atoms with E-state index in [1.165, 1.54) is 30.7 Å². The summed E-state index contributed by atoms with van der Waals surface area (Å²) in [4.78, 5) is 14.6. The zero-order chi connectivity index (χ0) is 22.6. The second-order valence-corrected chi connectivity index (χ2v) is 9.23. The van der Waals surface area contributed by atoms with E-state index in [0.717, 1.165) is 11.1 Å². The van der Waals surface area contributed by atoms with Crippen LogP contribution in [0.5, 0.6) is 17.2 Å². The first-order chi connectivity index (χ1) is 14.8. The number of carbonyl (C=O) groups excluding carboxylic acids is 1. The molecule has 168 valence electrons. The Morgan fingerprint density at radius 3 is 2.10 bits per heavy atom. The van der Waals surface area contributed by atoms with Crippen LogP contribution < -0.4 is 14.2 Å². The van der Waals surface area contributed by atoms with E-state index in [9.17, 15) is 13.2 Å². The maximum Gasteiger partial charge on any atom is 0.243 e. The zero-order valence-corrected chi connectivity index (χ0v) is 19.1. The monoisotopic (exact) mass is 448 g/mol. The fraction of sp³-hybridized carbons (Fsp3) is 0.409. The maximum absolute atomic E-state index is 13.1. The van der Waals surface area contributed by atoms with Gasteiger partial charge in [0.1, 0.15) is 5.75 Å². The smallest absolute Gasteiger partial charge is 0.243 e. The number of rotatable bonds is 7. The Morgan fingerprint density at radius 1 is 0.871 bits per heavy atom. The van der Waals surface area contributed by atoms with Gasteiger partial charge in [-0.2, -0.15) is 4.31 Å². The number of hydrogen-bond donors (Lipinski definition) is 0. The number of methoxy groups -OCH3 is 3. The molecule has 2 aromatic rings. The number of carbonyl (C=O) groups is 1. The van der Waals surface area contributed by atoms with Gasteiger partial charge in [-0.25, -0.2) is 8.42 Å². The van der Waals surface area contributed by atoms with Crippen molar-refractivity contribution in [3.63, 3.8) is 0 Å². The number of sulfonamides is 1. The molecule has 2 aromatic carbocycles. The predicted molar refractivity (Wildman–Crippen MR) is 116 cm³/mol. The van der Waals surface area contributed by atoms with E-state index in [1.807, 2.05) is 25.1 Å². The normalized spacial score (nSPS) is 14.9. The number of nitrogens with zero attached hydrogens (tertiary/aromatic N) is 2. The van der Waals surface area contributed by atoms with Crippen LogP contribution in [0.3, 0.4) is 0 Å². The van der Waals surface area contributed by atoms with E-state index >= 15 is 0 Å². The van der Waals surface area contributed by atoms with Crippen molar-refractivity contribution >= 4 is 15.9 Å². The molecule has 1 aliphatic heterocycles. The number of piperazine rings is 1. The highest BCUT2D eigenvalue weighted by atomic mass is 32.2. The Hall–Kier alpha value is -2.78. The molecule has 8 nitrogen and oxygen atoms in total. The molecule has 0 bridgehead atoms. The lowest BCUT2D eigenvalue weighted by atomic mass is 10.1. The molecule has 1 saturated heterocycles. The Bertz CT molecular complexity index is 1050. The first-order valence-corrected chi connectivity index (χ1v) is 11.4. The van der Waals surface area contributed by atoms with Gasteiger partial charge < -0.3 is 19.1 Å². The first kappa shape index (κ1) is 22.9. The van der Waals surface area contributed by atoms with E-state index in [0.29, 0.717) is 30.3 Å². The molecule has 1 aliphatic rings. The number of ether oxygens (including phenoxy) is 3. The lowest BCUT2D eigenvalue weighted by Crippen LogP contribution is -2.50. The molecule has 1 amide bonds. The van der Waals surface area contributed by atoms with E-state index < -0.39 is 10.0 Å². The minimum Gasteiger partial charge on any atom is -0.496 e. The summed E-state index contributed by atoms with van der Waals surface area (Å²) < 4.78 is 43.3. The molecule has 0 saturated carbocycles. The molecule has 0 N–H and O–H groups in total. The van der Waals surface area contributed by atoms with E-state index in [2.05, 4.69) is 0 Å². The Kier molecular flexibility index (Phi) is 7.07. The zero-order valence-electron chi connectivity index (χ0n) is 18.3. The van der Waals surface area contributed by atoms with Gasteiger partial charge in [0.05, 0.1) is 32.6 Å². The van der Waals surface area contributed by atoms with Crippen molar-refractivity contribution in [2.45, 2.75) is 18.2 Å². The van der Waals surface area contributed by atoms with Gasteiger partial charge in [-0.1, -0.05) is 17.7 Å². The van der Waals surface area contributed by atoms with Gasteiger partial charge in [-0.3, -0.25) is 4.79 Å². The van der Waals surface area contributed by atoms with Crippen molar-refractivity contribution in [2.75, 3.05) is 47.5 Å². The van der Waals surface area contributed by atoms with Crippen molar-refractivity contribution in [3.05, 3.63) is 47.5 Å². The van der Waals surface area contributed by atoms with Crippen molar-refractivity contribution in [1.82, 2.24) is 9.21 Å². The number of amides is 1. The highest BCUT2D eigenvalue weighted by Gasteiger charge is 2.31. The highest BCUT2D eigenvalue weighted by molar-refractivity contribution is 7.89. The summed E-state index contributed by atoms with van der Waals surface area (Å²) in [5.41, 5.74) is 1.88. The third-order valence-corrected chi connectivity index (χ3v) is 7.26. The van der Waals surface area contributed by atoms with Crippen LogP contribution in [-0.4, -0.2) is 71.0 Å². The summed E-state index contributed by atoms with van der Waals surface area (Å²) in [5, 5.41) is 0. The Balaban J connectivity index is 1.67. The second-order valence-electron chi connectivity index (χ2n) is 7.29. The van der Waals surface area contributed by atoms with E-state index in [1.54, 1.807) is 18.1 Å². The van der Waals surface area contributed by atoms with Crippen LogP contribution >= 0.6 is 0 Å². The molecule has 31 heavy (non-hydrogen) atoms. The average molecular weight is 449 g/mol. The van der Waals surface area contributed by atoms with Crippen molar-refractivity contribution in [2.24, 2.45) is 0 Å². The van der Waals surface area contributed by atoms with Gasteiger partial charge in [0.2, 0.25) is 15.9 Å². The van der Waals surface area contributed by atoms with Crippen molar-refractivity contribution in [3.8, 4) is 17.2 Å². The Labute approximate surface area is 183 Å². The molecule has 0 aromatic heterocycles. The van der Waals surface area contributed by atoms with Gasteiger partial charge in [0, 0.05) is 37.8 Å².